The van der Waals surface area contributed by atoms with Crippen LogP contribution in [0.1, 0.15) is 110 Å². The average molecular weight is 812 g/mol. The maximum atomic E-state index is 14.3. The molecular formula is C45H73N5O8. The van der Waals surface area contributed by atoms with Gasteiger partial charge in [0, 0.05) is 34.2 Å². The molecule has 326 valence electrons. The summed E-state index contributed by atoms with van der Waals surface area (Å²) in [6.07, 6.45) is 7.20. The van der Waals surface area contributed by atoms with Crippen molar-refractivity contribution >= 4 is 29.6 Å². The zero-order valence-electron chi connectivity index (χ0n) is 37.2. The summed E-state index contributed by atoms with van der Waals surface area (Å²) < 4.78 is 17.2. The monoisotopic (exact) mass is 812 g/mol. The van der Waals surface area contributed by atoms with Gasteiger partial charge in [-0.3, -0.25) is 24.1 Å². The smallest absolute Gasteiger partial charge is 0.328 e. The standard InChI is InChI=1S/C45H73N5O8/c1-12-29(4)39(49(8)42(53)38(28(2)3)47-44(55)45(6)22-16-23-48(45)7)36(56-9)27-37(51)50-24-15-19-35(50)40(57-10)30(5)41(52)46-34(43(54)58-11)26-31-20-21-32-17-13-14-18-33(32)25-31/h20-21,25,28-30,34-36,38-40H,12-19,22-24,26-27H2,1-11H3,(H,46,52)(H,47,55). The molecule has 4 rings (SSSR count). The fourth-order valence-corrected chi connectivity index (χ4v) is 9.51. The lowest BCUT2D eigenvalue weighted by Gasteiger charge is -2.41. The second-order valence-electron chi connectivity index (χ2n) is 17.7. The van der Waals surface area contributed by atoms with Crippen molar-refractivity contribution in [3.8, 4) is 0 Å². The molecule has 0 spiro atoms. The fraction of sp³-hybridized carbons (Fsp3) is 0.756. The van der Waals surface area contributed by atoms with E-state index in [-0.39, 0.29) is 47.9 Å². The lowest BCUT2D eigenvalue weighted by Crippen LogP contribution is -2.61. The van der Waals surface area contributed by atoms with Crippen molar-refractivity contribution < 1.29 is 38.2 Å². The van der Waals surface area contributed by atoms with Gasteiger partial charge < -0.3 is 34.6 Å². The van der Waals surface area contributed by atoms with Crippen molar-refractivity contribution in [1.82, 2.24) is 25.3 Å². The normalized spacial score (nSPS) is 23.2. The molecule has 58 heavy (non-hydrogen) atoms. The van der Waals surface area contributed by atoms with Gasteiger partial charge in [0.05, 0.1) is 49.3 Å². The maximum absolute atomic E-state index is 14.3. The number of rotatable bonds is 19. The van der Waals surface area contributed by atoms with Gasteiger partial charge in [0.25, 0.3) is 0 Å². The molecule has 9 atom stereocenters. The number of aryl methyl sites for hydroxylation is 2. The highest BCUT2D eigenvalue weighted by molar-refractivity contribution is 5.92. The molecule has 1 aromatic carbocycles. The zero-order valence-corrected chi connectivity index (χ0v) is 37.2. The minimum absolute atomic E-state index is 0.0173. The Kier molecular flexibility index (Phi) is 17.2. The lowest BCUT2D eigenvalue weighted by molar-refractivity contribution is -0.149. The fourth-order valence-electron chi connectivity index (χ4n) is 9.51. The number of nitrogens with one attached hydrogen (secondary N) is 2. The minimum Gasteiger partial charge on any atom is -0.467 e. The van der Waals surface area contributed by atoms with Crippen molar-refractivity contribution in [1.29, 1.82) is 0 Å². The predicted molar refractivity (Wildman–Crippen MR) is 224 cm³/mol. The molecule has 13 nitrogen and oxygen atoms in total. The highest BCUT2D eigenvalue weighted by atomic mass is 16.5. The number of amides is 4. The number of carbonyl (C=O) groups is 5. The summed E-state index contributed by atoms with van der Waals surface area (Å²) in [5.41, 5.74) is 2.92. The Balaban J connectivity index is 1.47. The summed E-state index contributed by atoms with van der Waals surface area (Å²) >= 11 is 0. The molecule has 3 aliphatic rings. The number of fused-ring (bicyclic) bond motifs is 1. The highest BCUT2D eigenvalue weighted by Gasteiger charge is 2.45. The summed E-state index contributed by atoms with van der Waals surface area (Å²) in [5.74, 6) is -2.29. The van der Waals surface area contributed by atoms with Crippen LogP contribution in [0.2, 0.25) is 0 Å². The number of carbonyl (C=O) groups excluding carboxylic acids is 5. The first-order chi connectivity index (χ1) is 27.5. The Labute approximate surface area is 347 Å². The number of benzene rings is 1. The van der Waals surface area contributed by atoms with Gasteiger partial charge in [-0.15, -0.1) is 0 Å². The summed E-state index contributed by atoms with van der Waals surface area (Å²) in [7, 11) is 8.12. The van der Waals surface area contributed by atoms with Crippen molar-refractivity contribution in [3.63, 3.8) is 0 Å². The topological polar surface area (TPSA) is 147 Å². The molecule has 0 bridgehead atoms. The van der Waals surface area contributed by atoms with E-state index in [1.807, 2.05) is 45.7 Å². The summed E-state index contributed by atoms with van der Waals surface area (Å²) in [5, 5.41) is 6.03. The van der Waals surface area contributed by atoms with Gasteiger partial charge in [-0.2, -0.15) is 0 Å². The third-order valence-electron chi connectivity index (χ3n) is 13.6. The van der Waals surface area contributed by atoms with E-state index in [2.05, 4.69) is 29.7 Å². The summed E-state index contributed by atoms with van der Waals surface area (Å²) in [6, 6.07) is 3.83. The van der Waals surface area contributed by atoms with E-state index < -0.39 is 47.8 Å². The summed E-state index contributed by atoms with van der Waals surface area (Å²) in [4.78, 5) is 74.6. The van der Waals surface area contributed by atoms with Gasteiger partial charge in [-0.05, 0) is 100 Å². The van der Waals surface area contributed by atoms with E-state index in [1.165, 1.54) is 24.7 Å². The molecule has 9 unspecified atom stereocenters. The predicted octanol–water partition coefficient (Wildman–Crippen LogP) is 4.31. The van der Waals surface area contributed by atoms with Crippen LogP contribution in [0.25, 0.3) is 0 Å². The van der Waals surface area contributed by atoms with E-state index in [0.29, 0.717) is 19.4 Å². The Morgan fingerprint density at radius 2 is 1.62 bits per heavy atom. The van der Waals surface area contributed by atoms with Crippen molar-refractivity contribution in [2.45, 2.75) is 154 Å². The third kappa shape index (κ3) is 10.8. The summed E-state index contributed by atoms with van der Waals surface area (Å²) in [6.45, 7) is 13.0. The zero-order chi connectivity index (χ0) is 42.9. The number of methoxy groups -OCH3 is 3. The molecule has 0 radical (unpaired) electrons. The number of likely N-dealkylation sites (tertiary alicyclic amines) is 2. The Morgan fingerprint density at radius 3 is 2.21 bits per heavy atom. The largest absolute Gasteiger partial charge is 0.467 e. The maximum Gasteiger partial charge on any atom is 0.328 e. The first-order valence-electron chi connectivity index (χ1n) is 21.7. The molecule has 2 aliphatic heterocycles. The quantitative estimate of drug-likeness (QED) is 0.195. The number of likely N-dealkylation sites (N-methyl/N-ethyl adjacent to an activating group) is 2. The molecule has 0 saturated carbocycles. The second-order valence-corrected chi connectivity index (χ2v) is 17.7. The van der Waals surface area contributed by atoms with Crippen molar-refractivity contribution in [3.05, 3.63) is 34.9 Å². The van der Waals surface area contributed by atoms with Crippen molar-refractivity contribution in [2.75, 3.05) is 48.5 Å². The van der Waals surface area contributed by atoms with Gasteiger partial charge >= 0.3 is 5.97 Å². The molecular weight excluding hydrogens is 739 g/mol. The number of hydrogen-bond donors (Lipinski definition) is 2. The SMILES string of the molecule is CCC(C)C(C(CC(=O)N1CCCC1C(OC)C(C)C(=O)NC(Cc1ccc2c(c1)CCCC2)C(=O)OC)OC)N(C)C(=O)C(NC(=O)C1(C)CCCN1C)C(C)C. The van der Waals surface area contributed by atoms with E-state index in [0.717, 1.165) is 57.1 Å². The molecule has 2 N–H and O–H groups in total. The second kappa shape index (κ2) is 21.1. The molecule has 0 aromatic heterocycles. The van der Waals surface area contributed by atoms with Crippen LogP contribution in [0, 0.1) is 17.8 Å². The third-order valence-corrected chi connectivity index (χ3v) is 13.6. The van der Waals surface area contributed by atoms with Gasteiger partial charge in [0.15, 0.2) is 0 Å². The molecule has 13 heteroatoms. The molecule has 2 heterocycles. The van der Waals surface area contributed by atoms with Gasteiger partial charge in [0.2, 0.25) is 23.6 Å². The van der Waals surface area contributed by atoms with Crippen LogP contribution < -0.4 is 10.6 Å². The first-order valence-corrected chi connectivity index (χ1v) is 21.7. The average Bonchev–Trinajstić information content (AvgIpc) is 3.84. The number of esters is 1. The minimum atomic E-state index is -0.879. The molecule has 1 aromatic rings. The highest BCUT2D eigenvalue weighted by Crippen LogP contribution is 2.31. The molecule has 4 amide bonds. The van der Waals surface area contributed by atoms with Gasteiger partial charge in [0.1, 0.15) is 12.1 Å². The Morgan fingerprint density at radius 1 is 0.931 bits per heavy atom. The molecule has 2 fully saturated rings. The van der Waals surface area contributed by atoms with Gasteiger partial charge in [-0.25, -0.2) is 4.79 Å². The van der Waals surface area contributed by atoms with Crippen LogP contribution in [0.4, 0.5) is 0 Å². The van der Waals surface area contributed by atoms with Crippen molar-refractivity contribution in [2.24, 2.45) is 17.8 Å². The van der Waals surface area contributed by atoms with E-state index >= 15 is 0 Å². The van der Waals surface area contributed by atoms with Gasteiger partial charge in [-0.1, -0.05) is 59.2 Å². The van der Waals surface area contributed by atoms with E-state index in [1.54, 1.807) is 38.0 Å². The van der Waals surface area contributed by atoms with Crippen LogP contribution in [-0.4, -0.2) is 135 Å². The van der Waals surface area contributed by atoms with Crippen LogP contribution in [0.3, 0.4) is 0 Å². The van der Waals surface area contributed by atoms with Crippen LogP contribution in [0.5, 0.6) is 0 Å². The van der Waals surface area contributed by atoms with Crippen LogP contribution in [-0.2, 0) is 57.4 Å². The number of hydrogen-bond acceptors (Lipinski definition) is 9. The lowest BCUT2D eigenvalue weighted by atomic mass is 9.89. The van der Waals surface area contributed by atoms with E-state index in [4.69, 9.17) is 14.2 Å². The van der Waals surface area contributed by atoms with E-state index in [9.17, 15) is 24.0 Å². The first kappa shape index (κ1) is 47.1. The Hall–Kier alpha value is -3.55. The van der Waals surface area contributed by atoms with Crippen LogP contribution in [0.15, 0.2) is 18.2 Å². The van der Waals surface area contributed by atoms with Crippen LogP contribution >= 0.6 is 0 Å². The Bertz CT molecular complexity index is 1590. The number of ether oxygens (including phenoxy) is 3. The molecule has 1 aliphatic carbocycles. The number of nitrogens with zero attached hydrogens (tertiary/aromatic N) is 3. The molecule has 2 saturated heterocycles.